The van der Waals surface area contributed by atoms with Gasteiger partial charge in [-0.05, 0) is 12.8 Å². The van der Waals surface area contributed by atoms with Crippen LogP contribution < -0.4 is 5.73 Å². The highest BCUT2D eigenvalue weighted by atomic mass is 15.3. The van der Waals surface area contributed by atoms with Gasteiger partial charge in [0.15, 0.2) is 0 Å². The van der Waals surface area contributed by atoms with Crippen molar-refractivity contribution in [2.75, 3.05) is 6.54 Å². The molecule has 5 heteroatoms. The Labute approximate surface area is 103 Å². The molecule has 0 aliphatic carbocycles. The monoisotopic (exact) mass is 237 g/mol. The molecule has 0 fully saturated rings. The van der Waals surface area contributed by atoms with Gasteiger partial charge in [-0.1, -0.05) is 20.3 Å². The van der Waals surface area contributed by atoms with Gasteiger partial charge in [0.2, 0.25) is 0 Å². The van der Waals surface area contributed by atoms with E-state index in [0.29, 0.717) is 6.04 Å². The lowest BCUT2D eigenvalue weighted by Gasteiger charge is -2.37. The third-order valence-corrected chi connectivity index (χ3v) is 3.67. The first kappa shape index (κ1) is 12.5. The molecule has 2 unspecified atom stereocenters. The number of aromatic nitrogens is 3. The summed E-state index contributed by atoms with van der Waals surface area (Å²) in [6.45, 7) is 7.34. The first-order chi connectivity index (χ1) is 8.26. The van der Waals surface area contributed by atoms with Gasteiger partial charge in [-0.3, -0.25) is 4.90 Å². The Balaban J connectivity index is 2.02. The molecule has 0 bridgehead atoms. The molecule has 1 aliphatic rings. The van der Waals surface area contributed by atoms with Crippen molar-refractivity contribution in [3.63, 3.8) is 0 Å². The first-order valence-electron chi connectivity index (χ1n) is 6.62. The second-order valence-electron chi connectivity index (χ2n) is 4.84. The SMILES string of the molecule is CCCC(N)C(CC)N1CCn2cnnc2C1. The standard InChI is InChI=1S/C12H23N5/c1-3-5-10(13)11(4-2)16-6-7-17-9-14-15-12(17)8-16/h9-11H,3-8,13H2,1-2H3. The van der Waals surface area contributed by atoms with Gasteiger partial charge in [-0.2, -0.15) is 0 Å². The third kappa shape index (κ3) is 2.66. The summed E-state index contributed by atoms with van der Waals surface area (Å²) in [5.41, 5.74) is 6.28. The zero-order chi connectivity index (χ0) is 12.3. The van der Waals surface area contributed by atoms with Gasteiger partial charge in [0.25, 0.3) is 0 Å². The molecular formula is C12H23N5. The second kappa shape index (κ2) is 5.60. The summed E-state index contributed by atoms with van der Waals surface area (Å²) in [6, 6.07) is 0.750. The van der Waals surface area contributed by atoms with Crippen LogP contribution in [0.4, 0.5) is 0 Å². The Kier molecular flexibility index (Phi) is 4.12. The van der Waals surface area contributed by atoms with Crippen LogP contribution in [0, 0.1) is 0 Å². The summed E-state index contributed by atoms with van der Waals surface area (Å²) in [7, 11) is 0. The van der Waals surface area contributed by atoms with Gasteiger partial charge in [-0.15, -0.1) is 10.2 Å². The van der Waals surface area contributed by atoms with Crippen LogP contribution in [0.15, 0.2) is 6.33 Å². The van der Waals surface area contributed by atoms with Crippen LogP contribution in [0.25, 0.3) is 0 Å². The van der Waals surface area contributed by atoms with Crippen LogP contribution in [0.3, 0.4) is 0 Å². The molecule has 2 rings (SSSR count). The molecule has 5 nitrogen and oxygen atoms in total. The molecule has 96 valence electrons. The smallest absolute Gasteiger partial charge is 0.147 e. The molecule has 0 saturated carbocycles. The molecule has 1 aromatic heterocycles. The van der Waals surface area contributed by atoms with E-state index in [-0.39, 0.29) is 6.04 Å². The molecule has 0 radical (unpaired) electrons. The molecule has 2 N–H and O–H groups in total. The molecular weight excluding hydrogens is 214 g/mol. The fraction of sp³-hybridized carbons (Fsp3) is 0.833. The van der Waals surface area contributed by atoms with Gasteiger partial charge in [0.1, 0.15) is 12.2 Å². The number of hydrogen-bond donors (Lipinski definition) is 1. The van der Waals surface area contributed by atoms with Gasteiger partial charge < -0.3 is 10.3 Å². The molecule has 2 atom stereocenters. The molecule has 0 aromatic carbocycles. The predicted octanol–water partition coefficient (Wildman–Crippen LogP) is 1.000. The van der Waals surface area contributed by atoms with Gasteiger partial charge >= 0.3 is 0 Å². The van der Waals surface area contributed by atoms with Crippen LogP contribution in [0.1, 0.15) is 38.9 Å². The molecule has 17 heavy (non-hydrogen) atoms. The zero-order valence-corrected chi connectivity index (χ0v) is 10.8. The predicted molar refractivity (Wildman–Crippen MR) is 67.4 cm³/mol. The van der Waals surface area contributed by atoms with Gasteiger partial charge in [0.05, 0.1) is 6.54 Å². The Hall–Kier alpha value is -0.940. The van der Waals surface area contributed by atoms with E-state index in [1.807, 2.05) is 6.33 Å². The Morgan fingerprint density at radius 2 is 2.24 bits per heavy atom. The largest absolute Gasteiger partial charge is 0.326 e. The number of rotatable bonds is 5. The lowest BCUT2D eigenvalue weighted by atomic mass is 9.99. The highest BCUT2D eigenvalue weighted by molar-refractivity contribution is 4.93. The van der Waals surface area contributed by atoms with E-state index in [9.17, 15) is 0 Å². The van der Waals surface area contributed by atoms with E-state index in [2.05, 4.69) is 33.5 Å². The maximum atomic E-state index is 6.28. The summed E-state index contributed by atoms with van der Waals surface area (Å²) in [5.74, 6) is 1.07. The summed E-state index contributed by atoms with van der Waals surface area (Å²) < 4.78 is 2.13. The van der Waals surface area contributed by atoms with Crippen LogP contribution in [0.2, 0.25) is 0 Å². The minimum Gasteiger partial charge on any atom is -0.326 e. The lowest BCUT2D eigenvalue weighted by Crippen LogP contribution is -2.50. The minimum absolute atomic E-state index is 0.277. The highest BCUT2D eigenvalue weighted by Crippen LogP contribution is 2.18. The average molecular weight is 237 g/mol. The minimum atomic E-state index is 0.277. The summed E-state index contributed by atoms with van der Waals surface area (Å²) >= 11 is 0. The molecule has 1 aliphatic heterocycles. The van der Waals surface area contributed by atoms with Crippen LogP contribution in [-0.4, -0.2) is 38.3 Å². The number of fused-ring (bicyclic) bond motifs is 1. The number of nitrogens with zero attached hydrogens (tertiary/aromatic N) is 4. The Morgan fingerprint density at radius 3 is 2.94 bits per heavy atom. The maximum Gasteiger partial charge on any atom is 0.147 e. The highest BCUT2D eigenvalue weighted by Gasteiger charge is 2.27. The maximum absolute atomic E-state index is 6.28. The molecule has 0 spiro atoms. The van der Waals surface area contributed by atoms with E-state index < -0.39 is 0 Å². The third-order valence-electron chi connectivity index (χ3n) is 3.67. The second-order valence-corrected chi connectivity index (χ2v) is 4.84. The van der Waals surface area contributed by atoms with Crippen molar-refractivity contribution in [1.82, 2.24) is 19.7 Å². The van der Waals surface area contributed by atoms with E-state index >= 15 is 0 Å². The van der Waals surface area contributed by atoms with Crippen molar-refractivity contribution >= 4 is 0 Å². The number of nitrogens with two attached hydrogens (primary N) is 1. The van der Waals surface area contributed by atoms with Gasteiger partial charge in [-0.25, -0.2) is 0 Å². The molecule has 0 amide bonds. The Morgan fingerprint density at radius 1 is 1.41 bits per heavy atom. The molecule has 2 heterocycles. The van der Waals surface area contributed by atoms with E-state index in [1.165, 1.54) is 0 Å². The molecule has 0 saturated heterocycles. The Bertz CT molecular complexity index is 348. The summed E-state index contributed by atoms with van der Waals surface area (Å²) in [5, 5.41) is 8.12. The van der Waals surface area contributed by atoms with Crippen LogP contribution in [0.5, 0.6) is 0 Å². The first-order valence-corrected chi connectivity index (χ1v) is 6.62. The van der Waals surface area contributed by atoms with Gasteiger partial charge in [0, 0.05) is 25.2 Å². The van der Waals surface area contributed by atoms with Crippen molar-refractivity contribution in [3.05, 3.63) is 12.2 Å². The fourth-order valence-corrected chi connectivity index (χ4v) is 2.73. The number of hydrogen-bond acceptors (Lipinski definition) is 4. The normalized spacial score (nSPS) is 19.9. The zero-order valence-electron chi connectivity index (χ0n) is 10.8. The molecule has 1 aromatic rings. The van der Waals surface area contributed by atoms with Crippen molar-refractivity contribution in [2.45, 2.75) is 58.3 Å². The average Bonchev–Trinajstić information content (AvgIpc) is 2.77. The van der Waals surface area contributed by atoms with Crippen molar-refractivity contribution < 1.29 is 0 Å². The van der Waals surface area contributed by atoms with Crippen LogP contribution in [-0.2, 0) is 13.1 Å². The summed E-state index contributed by atoms with van der Waals surface area (Å²) in [6.07, 6.45) is 5.18. The summed E-state index contributed by atoms with van der Waals surface area (Å²) in [4.78, 5) is 2.46. The van der Waals surface area contributed by atoms with E-state index in [4.69, 9.17) is 5.73 Å². The van der Waals surface area contributed by atoms with E-state index in [1.54, 1.807) is 0 Å². The van der Waals surface area contributed by atoms with Crippen molar-refractivity contribution in [2.24, 2.45) is 5.73 Å². The topological polar surface area (TPSA) is 60.0 Å². The van der Waals surface area contributed by atoms with Crippen LogP contribution >= 0.6 is 0 Å². The fourth-order valence-electron chi connectivity index (χ4n) is 2.73. The van der Waals surface area contributed by atoms with Crippen molar-refractivity contribution in [3.8, 4) is 0 Å². The van der Waals surface area contributed by atoms with Crippen molar-refractivity contribution in [1.29, 1.82) is 0 Å². The lowest BCUT2D eigenvalue weighted by molar-refractivity contribution is 0.125. The van der Waals surface area contributed by atoms with E-state index in [0.717, 1.165) is 44.7 Å². The quantitative estimate of drug-likeness (QED) is 0.830.